The molecule has 21 heavy (non-hydrogen) atoms. The van der Waals surface area contributed by atoms with Crippen LogP contribution in [0.25, 0.3) is 0 Å². The number of ketones is 1. The first-order valence-corrected chi connectivity index (χ1v) is 6.58. The van der Waals surface area contributed by atoms with Crippen LogP contribution in [0, 0.1) is 12.7 Å². The fourth-order valence-corrected chi connectivity index (χ4v) is 2.42. The summed E-state index contributed by atoms with van der Waals surface area (Å²) in [6.45, 7) is 1.72. The molecule has 0 bridgehead atoms. The van der Waals surface area contributed by atoms with E-state index >= 15 is 0 Å². The van der Waals surface area contributed by atoms with E-state index in [1.807, 2.05) is 0 Å². The fraction of sp³-hybridized carbons (Fsp3) is 0.188. The Morgan fingerprint density at radius 3 is 2.43 bits per heavy atom. The maximum absolute atomic E-state index is 13.5. The van der Waals surface area contributed by atoms with Crippen molar-refractivity contribution in [2.45, 2.75) is 6.92 Å². The summed E-state index contributed by atoms with van der Waals surface area (Å²) >= 11 is 6.13. The number of rotatable bonds is 4. The van der Waals surface area contributed by atoms with Crippen LogP contribution in [0.1, 0.15) is 21.5 Å². The van der Waals surface area contributed by atoms with Crippen LogP contribution in [0.2, 0.25) is 5.02 Å². The molecule has 0 aromatic heterocycles. The molecule has 0 unspecified atom stereocenters. The Morgan fingerprint density at radius 1 is 1.14 bits per heavy atom. The molecule has 0 aliphatic carbocycles. The number of hydrogen-bond acceptors (Lipinski definition) is 3. The Morgan fingerprint density at radius 2 is 1.86 bits per heavy atom. The number of halogens is 2. The van der Waals surface area contributed by atoms with Gasteiger partial charge in [-0.1, -0.05) is 11.6 Å². The van der Waals surface area contributed by atoms with Crippen molar-refractivity contribution < 1.29 is 18.7 Å². The van der Waals surface area contributed by atoms with Gasteiger partial charge in [0.05, 0.1) is 19.8 Å². The van der Waals surface area contributed by atoms with Gasteiger partial charge in [0.25, 0.3) is 0 Å². The van der Waals surface area contributed by atoms with Gasteiger partial charge in [0.15, 0.2) is 11.5 Å². The minimum atomic E-state index is -0.461. The Bertz CT molecular complexity index is 678. The first-order chi connectivity index (χ1) is 9.97. The van der Waals surface area contributed by atoms with Gasteiger partial charge in [-0.2, -0.15) is 0 Å². The molecule has 0 saturated heterocycles. The van der Waals surface area contributed by atoms with Crippen LogP contribution in [-0.4, -0.2) is 20.0 Å². The van der Waals surface area contributed by atoms with E-state index in [1.54, 1.807) is 25.1 Å². The number of methoxy groups -OCH3 is 2. The van der Waals surface area contributed by atoms with Gasteiger partial charge in [0, 0.05) is 5.56 Å². The van der Waals surface area contributed by atoms with Crippen LogP contribution in [0.3, 0.4) is 0 Å². The zero-order valence-electron chi connectivity index (χ0n) is 11.9. The third-order valence-corrected chi connectivity index (χ3v) is 3.39. The summed E-state index contributed by atoms with van der Waals surface area (Å²) in [4.78, 5) is 12.5. The van der Waals surface area contributed by atoms with Crippen LogP contribution in [0.15, 0.2) is 30.3 Å². The third kappa shape index (κ3) is 3.00. The summed E-state index contributed by atoms with van der Waals surface area (Å²) in [6.07, 6.45) is 0. The van der Waals surface area contributed by atoms with Crippen LogP contribution in [-0.2, 0) is 0 Å². The first kappa shape index (κ1) is 15.3. The minimum absolute atomic E-state index is 0.207. The molecule has 2 rings (SSSR count). The van der Waals surface area contributed by atoms with Crippen molar-refractivity contribution in [3.63, 3.8) is 0 Å². The normalized spacial score (nSPS) is 10.3. The van der Waals surface area contributed by atoms with Crippen molar-refractivity contribution >= 4 is 17.4 Å². The molecule has 0 saturated carbocycles. The van der Waals surface area contributed by atoms with Gasteiger partial charge in [-0.15, -0.1) is 0 Å². The number of carbonyl (C=O) groups is 1. The number of hydrogen-bond donors (Lipinski definition) is 0. The van der Waals surface area contributed by atoms with E-state index in [-0.39, 0.29) is 27.7 Å². The average Bonchev–Trinajstić information content (AvgIpc) is 2.45. The molecule has 0 N–H and O–H groups in total. The van der Waals surface area contributed by atoms with Crippen molar-refractivity contribution in [1.29, 1.82) is 0 Å². The molecule has 0 radical (unpaired) electrons. The molecule has 110 valence electrons. The average molecular weight is 309 g/mol. The molecule has 0 amide bonds. The van der Waals surface area contributed by atoms with E-state index in [4.69, 9.17) is 21.1 Å². The van der Waals surface area contributed by atoms with Gasteiger partial charge < -0.3 is 9.47 Å². The molecular weight excluding hydrogens is 295 g/mol. The van der Waals surface area contributed by atoms with E-state index in [0.29, 0.717) is 11.3 Å². The Hall–Kier alpha value is -2.07. The topological polar surface area (TPSA) is 35.5 Å². The standard InChI is InChI=1S/C16H14ClFO3/c1-9-6-10(8-11(18)7-9)15(19)12-4-5-13(20-2)14(17)16(12)21-3/h4-8H,1-3H3. The highest BCUT2D eigenvalue weighted by Gasteiger charge is 2.20. The maximum atomic E-state index is 13.5. The Balaban J connectivity index is 2.55. The van der Waals surface area contributed by atoms with E-state index in [2.05, 4.69) is 0 Å². The van der Waals surface area contributed by atoms with Crippen molar-refractivity contribution in [2.75, 3.05) is 14.2 Å². The molecule has 2 aromatic carbocycles. The summed E-state index contributed by atoms with van der Waals surface area (Å²) in [6, 6.07) is 7.28. The summed E-state index contributed by atoms with van der Waals surface area (Å²) in [5.41, 5.74) is 1.16. The van der Waals surface area contributed by atoms with E-state index in [0.717, 1.165) is 0 Å². The number of aryl methyl sites for hydroxylation is 1. The maximum Gasteiger partial charge on any atom is 0.196 e. The molecule has 3 nitrogen and oxygen atoms in total. The van der Waals surface area contributed by atoms with Gasteiger partial charge in [-0.25, -0.2) is 4.39 Å². The van der Waals surface area contributed by atoms with Crippen molar-refractivity contribution in [3.05, 3.63) is 57.9 Å². The van der Waals surface area contributed by atoms with E-state index < -0.39 is 5.82 Å². The molecule has 5 heteroatoms. The largest absolute Gasteiger partial charge is 0.495 e. The second-order valence-corrected chi connectivity index (χ2v) is 4.89. The number of carbonyl (C=O) groups excluding carboxylic acids is 1. The second-order valence-electron chi connectivity index (χ2n) is 4.51. The summed E-state index contributed by atoms with van der Waals surface area (Å²) in [7, 11) is 2.88. The van der Waals surface area contributed by atoms with Crippen molar-refractivity contribution in [2.24, 2.45) is 0 Å². The Labute approximate surface area is 127 Å². The van der Waals surface area contributed by atoms with E-state index in [1.165, 1.54) is 26.4 Å². The molecule has 0 spiro atoms. The predicted molar refractivity (Wildman–Crippen MR) is 79.1 cm³/mol. The van der Waals surface area contributed by atoms with Gasteiger partial charge in [-0.3, -0.25) is 4.79 Å². The zero-order chi connectivity index (χ0) is 15.6. The molecule has 0 fully saturated rings. The highest BCUT2D eigenvalue weighted by Crippen LogP contribution is 2.37. The molecule has 0 atom stereocenters. The lowest BCUT2D eigenvalue weighted by molar-refractivity contribution is 0.103. The SMILES string of the molecule is COc1ccc(C(=O)c2cc(C)cc(F)c2)c(OC)c1Cl. The van der Waals surface area contributed by atoms with Gasteiger partial charge in [-0.05, 0) is 42.8 Å². The molecule has 0 aliphatic rings. The monoisotopic (exact) mass is 308 g/mol. The first-order valence-electron chi connectivity index (χ1n) is 6.20. The van der Waals surface area contributed by atoms with Gasteiger partial charge in [0.2, 0.25) is 0 Å². The second kappa shape index (κ2) is 6.14. The predicted octanol–water partition coefficient (Wildman–Crippen LogP) is 4.04. The number of benzene rings is 2. The quantitative estimate of drug-likeness (QED) is 0.800. The van der Waals surface area contributed by atoms with Crippen LogP contribution in [0.5, 0.6) is 11.5 Å². The van der Waals surface area contributed by atoms with E-state index in [9.17, 15) is 9.18 Å². The minimum Gasteiger partial charge on any atom is -0.495 e. The molecule has 2 aromatic rings. The Kier molecular flexibility index (Phi) is 4.48. The molecule has 0 heterocycles. The summed E-state index contributed by atoms with van der Waals surface area (Å²) < 4.78 is 23.7. The zero-order valence-corrected chi connectivity index (χ0v) is 12.6. The summed E-state index contributed by atoms with van der Waals surface area (Å²) in [5.74, 6) is -0.209. The highest BCUT2D eigenvalue weighted by molar-refractivity contribution is 6.34. The lowest BCUT2D eigenvalue weighted by Gasteiger charge is -2.12. The van der Waals surface area contributed by atoms with Crippen molar-refractivity contribution in [3.8, 4) is 11.5 Å². The lowest BCUT2D eigenvalue weighted by Crippen LogP contribution is -2.06. The highest BCUT2D eigenvalue weighted by atomic mass is 35.5. The fourth-order valence-electron chi connectivity index (χ4n) is 2.10. The van der Waals surface area contributed by atoms with Crippen molar-refractivity contribution in [1.82, 2.24) is 0 Å². The third-order valence-electron chi connectivity index (χ3n) is 3.03. The smallest absolute Gasteiger partial charge is 0.196 e. The van der Waals surface area contributed by atoms with Crippen LogP contribution >= 0.6 is 11.6 Å². The van der Waals surface area contributed by atoms with Crippen LogP contribution < -0.4 is 9.47 Å². The number of ether oxygens (including phenoxy) is 2. The van der Waals surface area contributed by atoms with Gasteiger partial charge in [0.1, 0.15) is 16.6 Å². The lowest BCUT2D eigenvalue weighted by atomic mass is 10.0. The van der Waals surface area contributed by atoms with Crippen LogP contribution in [0.4, 0.5) is 4.39 Å². The molecule has 0 aliphatic heterocycles. The molecular formula is C16H14ClFO3. The van der Waals surface area contributed by atoms with Gasteiger partial charge >= 0.3 is 0 Å². The summed E-state index contributed by atoms with van der Waals surface area (Å²) in [5, 5.41) is 0.207.